The number of methoxy groups -OCH3 is 1. The number of fused-ring (bicyclic) bond motifs is 1. The van der Waals surface area contributed by atoms with Gasteiger partial charge in [-0.15, -0.1) is 0 Å². The fraction of sp³-hybridized carbons (Fsp3) is 0.625. The van der Waals surface area contributed by atoms with Crippen molar-refractivity contribution in [2.75, 3.05) is 33.5 Å². The minimum absolute atomic E-state index is 0.340. The van der Waals surface area contributed by atoms with Crippen molar-refractivity contribution in [2.24, 2.45) is 0 Å². The van der Waals surface area contributed by atoms with E-state index in [-0.39, 0.29) is 0 Å². The topological polar surface area (TPSA) is 39.7 Å². The Balaban J connectivity index is 2.09. The molecule has 4 nitrogen and oxygen atoms in total. The summed E-state index contributed by atoms with van der Waals surface area (Å²) in [6.07, 6.45) is 3.04. The van der Waals surface area contributed by atoms with Gasteiger partial charge in [0.2, 0.25) is 0 Å². The van der Waals surface area contributed by atoms with Crippen molar-refractivity contribution in [3.05, 3.63) is 23.8 Å². The van der Waals surface area contributed by atoms with E-state index in [2.05, 4.69) is 24.4 Å². The third-order valence-electron chi connectivity index (χ3n) is 3.47. The van der Waals surface area contributed by atoms with E-state index in [0.29, 0.717) is 6.04 Å². The standard InChI is InChI=1S/C16H25NO3/c1-3-17-14(6-4-9-18-2)13-7-8-15-16(12-13)20-11-5-10-19-15/h7-8,12,14,17H,3-6,9-11H2,1-2H3. The number of hydrogen-bond acceptors (Lipinski definition) is 4. The first-order chi connectivity index (χ1) is 9.85. The highest BCUT2D eigenvalue weighted by atomic mass is 16.5. The summed E-state index contributed by atoms with van der Waals surface area (Å²) < 4.78 is 16.6. The van der Waals surface area contributed by atoms with E-state index in [1.807, 2.05) is 6.07 Å². The van der Waals surface area contributed by atoms with Crippen LogP contribution in [0.25, 0.3) is 0 Å². The molecule has 1 aliphatic rings. The third-order valence-corrected chi connectivity index (χ3v) is 3.47. The molecule has 4 heteroatoms. The van der Waals surface area contributed by atoms with Crippen molar-refractivity contribution in [3.8, 4) is 11.5 Å². The van der Waals surface area contributed by atoms with Crippen LogP contribution in [0.4, 0.5) is 0 Å². The summed E-state index contributed by atoms with van der Waals surface area (Å²) in [5.74, 6) is 1.73. The molecule has 112 valence electrons. The molecule has 0 aliphatic carbocycles. The molecule has 0 bridgehead atoms. The minimum Gasteiger partial charge on any atom is -0.490 e. The van der Waals surface area contributed by atoms with Crippen molar-refractivity contribution in [2.45, 2.75) is 32.2 Å². The third kappa shape index (κ3) is 4.12. The summed E-state index contributed by atoms with van der Waals surface area (Å²) in [5.41, 5.74) is 1.26. The lowest BCUT2D eigenvalue weighted by Crippen LogP contribution is -2.21. The molecule has 0 spiro atoms. The van der Waals surface area contributed by atoms with Gasteiger partial charge in [-0.2, -0.15) is 0 Å². The number of rotatable bonds is 7. The first-order valence-corrected chi connectivity index (χ1v) is 7.47. The van der Waals surface area contributed by atoms with Gasteiger partial charge in [-0.1, -0.05) is 13.0 Å². The summed E-state index contributed by atoms with van der Waals surface area (Å²) in [5, 5.41) is 3.53. The molecule has 1 aliphatic heterocycles. The molecule has 1 aromatic rings. The lowest BCUT2D eigenvalue weighted by Gasteiger charge is -2.19. The van der Waals surface area contributed by atoms with Crippen LogP contribution in [0, 0.1) is 0 Å². The smallest absolute Gasteiger partial charge is 0.161 e. The molecule has 0 aromatic heterocycles. The zero-order valence-corrected chi connectivity index (χ0v) is 12.5. The molecule has 0 fully saturated rings. The van der Waals surface area contributed by atoms with Crippen LogP contribution in [0.3, 0.4) is 0 Å². The molecule has 1 aromatic carbocycles. The Hall–Kier alpha value is -1.26. The highest BCUT2D eigenvalue weighted by Gasteiger charge is 2.15. The van der Waals surface area contributed by atoms with E-state index in [1.165, 1.54) is 5.56 Å². The van der Waals surface area contributed by atoms with Crippen LogP contribution in [-0.4, -0.2) is 33.5 Å². The number of ether oxygens (including phenoxy) is 3. The molecule has 0 amide bonds. The largest absolute Gasteiger partial charge is 0.490 e. The Bertz CT molecular complexity index is 409. The molecule has 1 unspecified atom stereocenters. The normalized spacial score (nSPS) is 15.7. The van der Waals surface area contributed by atoms with Gasteiger partial charge in [0.15, 0.2) is 11.5 Å². The second kappa shape index (κ2) is 8.12. The highest BCUT2D eigenvalue weighted by Crippen LogP contribution is 2.33. The van der Waals surface area contributed by atoms with Crippen molar-refractivity contribution in [1.82, 2.24) is 5.32 Å². The number of hydrogen-bond donors (Lipinski definition) is 1. The molecule has 2 rings (SSSR count). The predicted molar refractivity (Wildman–Crippen MR) is 79.6 cm³/mol. The van der Waals surface area contributed by atoms with E-state index in [4.69, 9.17) is 14.2 Å². The van der Waals surface area contributed by atoms with Crippen LogP contribution in [0.2, 0.25) is 0 Å². The molecule has 0 saturated carbocycles. The Morgan fingerprint density at radius 2 is 2.05 bits per heavy atom. The van der Waals surface area contributed by atoms with Crippen LogP contribution in [0.15, 0.2) is 18.2 Å². The zero-order valence-electron chi connectivity index (χ0n) is 12.5. The summed E-state index contributed by atoms with van der Waals surface area (Å²) in [6.45, 7) is 5.34. The second-order valence-electron chi connectivity index (χ2n) is 5.00. The van der Waals surface area contributed by atoms with E-state index in [0.717, 1.165) is 57.1 Å². The first kappa shape index (κ1) is 15.1. The molecule has 1 atom stereocenters. The predicted octanol–water partition coefficient (Wildman–Crippen LogP) is 2.93. The van der Waals surface area contributed by atoms with E-state index >= 15 is 0 Å². The van der Waals surface area contributed by atoms with Crippen molar-refractivity contribution in [3.63, 3.8) is 0 Å². The van der Waals surface area contributed by atoms with Gasteiger partial charge in [-0.3, -0.25) is 0 Å². The van der Waals surface area contributed by atoms with Crippen LogP contribution in [-0.2, 0) is 4.74 Å². The summed E-state index contributed by atoms with van der Waals surface area (Å²) in [6, 6.07) is 6.61. The van der Waals surface area contributed by atoms with Crippen molar-refractivity contribution < 1.29 is 14.2 Å². The van der Waals surface area contributed by atoms with Gasteiger partial charge >= 0.3 is 0 Å². The first-order valence-electron chi connectivity index (χ1n) is 7.47. The minimum atomic E-state index is 0.340. The zero-order chi connectivity index (χ0) is 14.2. The van der Waals surface area contributed by atoms with E-state index in [1.54, 1.807) is 7.11 Å². The van der Waals surface area contributed by atoms with Crippen LogP contribution < -0.4 is 14.8 Å². The quantitative estimate of drug-likeness (QED) is 0.779. The highest BCUT2D eigenvalue weighted by molar-refractivity contribution is 5.44. The average Bonchev–Trinajstić information content (AvgIpc) is 2.71. The lowest BCUT2D eigenvalue weighted by atomic mass is 10.0. The van der Waals surface area contributed by atoms with Gasteiger partial charge in [0.05, 0.1) is 13.2 Å². The lowest BCUT2D eigenvalue weighted by molar-refractivity contribution is 0.189. The van der Waals surface area contributed by atoms with Crippen molar-refractivity contribution in [1.29, 1.82) is 0 Å². The SMILES string of the molecule is CCNC(CCCOC)c1ccc2c(c1)OCCCO2. The second-order valence-corrected chi connectivity index (χ2v) is 5.00. The molecule has 20 heavy (non-hydrogen) atoms. The summed E-state index contributed by atoms with van der Waals surface area (Å²) >= 11 is 0. The Morgan fingerprint density at radius 3 is 2.80 bits per heavy atom. The summed E-state index contributed by atoms with van der Waals surface area (Å²) in [7, 11) is 1.75. The molecular weight excluding hydrogens is 254 g/mol. The summed E-state index contributed by atoms with van der Waals surface area (Å²) in [4.78, 5) is 0. The van der Waals surface area contributed by atoms with Crippen molar-refractivity contribution >= 4 is 0 Å². The molecular formula is C16H25NO3. The Labute approximate surface area is 121 Å². The maximum Gasteiger partial charge on any atom is 0.161 e. The van der Waals surface area contributed by atoms with Gasteiger partial charge in [0.1, 0.15) is 0 Å². The van der Waals surface area contributed by atoms with Crippen LogP contribution >= 0.6 is 0 Å². The molecule has 0 radical (unpaired) electrons. The van der Waals surface area contributed by atoms with Crippen LogP contribution in [0.1, 0.15) is 37.8 Å². The maximum absolute atomic E-state index is 5.77. The van der Waals surface area contributed by atoms with Gasteiger partial charge in [-0.25, -0.2) is 0 Å². The maximum atomic E-state index is 5.77. The van der Waals surface area contributed by atoms with E-state index < -0.39 is 0 Å². The Kier molecular flexibility index (Phi) is 6.15. The number of nitrogens with one attached hydrogen (secondary N) is 1. The average molecular weight is 279 g/mol. The van der Waals surface area contributed by atoms with Crippen LogP contribution in [0.5, 0.6) is 11.5 Å². The Morgan fingerprint density at radius 1 is 1.25 bits per heavy atom. The molecule has 1 heterocycles. The van der Waals surface area contributed by atoms with Gasteiger partial charge in [0, 0.05) is 26.2 Å². The molecule has 1 N–H and O–H groups in total. The fourth-order valence-corrected chi connectivity index (χ4v) is 2.46. The van der Waals surface area contributed by atoms with Gasteiger partial charge in [-0.05, 0) is 37.1 Å². The fourth-order valence-electron chi connectivity index (χ4n) is 2.46. The monoisotopic (exact) mass is 279 g/mol. The number of benzene rings is 1. The van der Waals surface area contributed by atoms with Gasteiger partial charge < -0.3 is 19.5 Å². The van der Waals surface area contributed by atoms with Gasteiger partial charge in [0.25, 0.3) is 0 Å². The molecule has 0 saturated heterocycles. The van der Waals surface area contributed by atoms with E-state index in [9.17, 15) is 0 Å².